The number of anilines is 1. The molecule has 0 radical (unpaired) electrons. The number of hydrogen-bond donors (Lipinski definition) is 1. The molecule has 2 heterocycles. The van der Waals surface area contributed by atoms with Crippen LogP contribution in [0.2, 0.25) is 0 Å². The van der Waals surface area contributed by atoms with Crippen molar-refractivity contribution in [3.8, 4) is 11.6 Å². The summed E-state index contributed by atoms with van der Waals surface area (Å²) in [5.74, 6) is 0.333. The zero-order chi connectivity index (χ0) is 18.1. The topological polar surface area (TPSA) is 69.0 Å². The summed E-state index contributed by atoms with van der Waals surface area (Å²) < 4.78 is 20.7. The zero-order valence-electron chi connectivity index (χ0n) is 14.1. The summed E-state index contributed by atoms with van der Waals surface area (Å²) in [6.07, 6.45) is 4.60. The third-order valence-electron chi connectivity index (χ3n) is 4.60. The SMILES string of the molecule is COc1ccc(-n2ccc(NC(=O)C3(c4ccccc4F)CC3)n2)cn1. The van der Waals surface area contributed by atoms with Gasteiger partial charge in [0.25, 0.3) is 0 Å². The first-order chi connectivity index (χ1) is 12.6. The summed E-state index contributed by atoms with van der Waals surface area (Å²) in [6, 6.07) is 11.7. The standard InChI is InChI=1S/C19H17FN4O2/c1-26-17-7-6-13(12-21-17)24-11-8-16(23-24)22-18(25)19(9-10-19)14-4-2-3-5-15(14)20/h2-8,11-12H,9-10H2,1H3,(H,22,23,25). The Morgan fingerprint density at radius 2 is 2.04 bits per heavy atom. The number of amides is 1. The Kier molecular flexibility index (Phi) is 3.91. The summed E-state index contributed by atoms with van der Waals surface area (Å²) in [6.45, 7) is 0. The lowest BCUT2D eigenvalue weighted by atomic mass is 9.94. The first-order valence-corrected chi connectivity index (χ1v) is 8.25. The molecule has 0 aliphatic heterocycles. The van der Waals surface area contributed by atoms with Crippen molar-refractivity contribution in [1.29, 1.82) is 0 Å². The number of benzene rings is 1. The Balaban J connectivity index is 1.52. The quantitative estimate of drug-likeness (QED) is 0.766. The second kappa shape index (κ2) is 6.25. The van der Waals surface area contributed by atoms with Crippen LogP contribution in [0.15, 0.2) is 54.9 Å². The van der Waals surface area contributed by atoms with E-state index in [0.717, 1.165) is 5.69 Å². The fraction of sp³-hybridized carbons (Fsp3) is 0.211. The smallest absolute Gasteiger partial charge is 0.236 e. The highest BCUT2D eigenvalue weighted by molar-refractivity contribution is 6.00. The average molecular weight is 352 g/mol. The van der Waals surface area contributed by atoms with Crippen molar-refractivity contribution < 1.29 is 13.9 Å². The van der Waals surface area contributed by atoms with E-state index in [1.54, 1.807) is 54.5 Å². The number of ether oxygens (including phenoxy) is 1. The number of halogens is 1. The zero-order valence-corrected chi connectivity index (χ0v) is 14.1. The lowest BCUT2D eigenvalue weighted by Gasteiger charge is -2.15. The molecule has 1 fully saturated rings. The predicted molar refractivity (Wildman–Crippen MR) is 93.9 cm³/mol. The predicted octanol–water partition coefficient (Wildman–Crippen LogP) is 3.09. The maximum absolute atomic E-state index is 14.1. The summed E-state index contributed by atoms with van der Waals surface area (Å²) in [7, 11) is 1.55. The highest BCUT2D eigenvalue weighted by Crippen LogP contribution is 2.49. The largest absolute Gasteiger partial charge is 0.481 e. The van der Waals surface area contributed by atoms with Gasteiger partial charge in [-0.25, -0.2) is 14.1 Å². The van der Waals surface area contributed by atoms with Gasteiger partial charge in [-0.1, -0.05) is 18.2 Å². The van der Waals surface area contributed by atoms with Crippen LogP contribution in [0, 0.1) is 5.82 Å². The maximum atomic E-state index is 14.1. The van der Waals surface area contributed by atoms with Crippen LogP contribution in [0.3, 0.4) is 0 Å². The first kappa shape index (κ1) is 16.3. The monoisotopic (exact) mass is 352 g/mol. The highest BCUT2D eigenvalue weighted by Gasteiger charge is 2.52. The lowest BCUT2D eigenvalue weighted by Crippen LogP contribution is -2.29. The molecule has 132 valence electrons. The van der Waals surface area contributed by atoms with Crippen LogP contribution in [0.4, 0.5) is 10.2 Å². The van der Waals surface area contributed by atoms with Gasteiger partial charge in [0.2, 0.25) is 11.8 Å². The van der Waals surface area contributed by atoms with Gasteiger partial charge < -0.3 is 10.1 Å². The molecule has 1 aromatic carbocycles. The van der Waals surface area contributed by atoms with Gasteiger partial charge in [0.15, 0.2) is 5.82 Å². The minimum Gasteiger partial charge on any atom is -0.481 e. The summed E-state index contributed by atoms with van der Waals surface area (Å²) in [5, 5.41) is 7.14. The molecule has 7 heteroatoms. The number of carbonyl (C=O) groups excluding carboxylic acids is 1. The minimum absolute atomic E-state index is 0.235. The van der Waals surface area contributed by atoms with E-state index < -0.39 is 5.41 Å². The molecule has 1 aliphatic rings. The molecule has 0 atom stereocenters. The van der Waals surface area contributed by atoms with Crippen LogP contribution < -0.4 is 10.1 Å². The molecular weight excluding hydrogens is 335 g/mol. The summed E-state index contributed by atoms with van der Waals surface area (Å²) >= 11 is 0. The normalized spacial score (nSPS) is 14.7. The van der Waals surface area contributed by atoms with Crippen molar-refractivity contribution >= 4 is 11.7 Å². The molecule has 6 nitrogen and oxygen atoms in total. The Morgan fingerprint density at radius 3 is 2.69 bits per heavy atom. The van der Waals surface area contributed by atoms with Crippen molar-refractivity contribution in [1.82, 2.24) is 14.8 Å². The maximum Gasteiger partial charge on any atom is 0.236 e. The van der Waals surface area contributed by atoms with Gasteiger partial charge in [-0.2, -0.15) is 5.10 Å². The van der Waals surface area contributed by atoms with Gasteiger partial charge >= 0.3 is 0 Å². The van der Waals surface area contributed by atoms with Crippen LogP contribution in [0.5, 0.6) is 5.88 Å². The van der Waals surface area contributed by atoms with Gasteiger partial charge in [0.05, 0.1) is 24.4 Å². The molecule has 4 rings (SSSR count). The van der Waals surface area contributed by atoms with Crippen molar-refractivity contribution in [2.45, 2.75) is 18.3 Å². The minimum atomic E-state index is -0.795. The average Bonchev–Trinajstić information content (AvgIpc) is 3.35. The Labute approximate surface area is 149 Å². The number of methoxy groups -OCH3 is 1. The fourth-order valence-electron chi connectivity index (χ4n) is 2.99. The van der Waals surface area contributed by atoms with Gasteiger partial charge in [0, 0.05) is 23.9 Å². The van der Waals surface area contributed by atoms with Crippen LogP contribution >= 0.6 is 0 Å². The van der Waals surface area contributed by atoms with Gasteiger partial charge in [-0.05, 0) is 25.0 Å². The number of aromatic nitrogens is 3. The molecule has 0 saturated heterocycles. The van der Waals surface area contributed by atoms with Crippen molar-refractivity contribution in [2.75, 3.05) is 12.4 Å². The second-order valence-electron chi connectivity index (χ2n) is 6.22. The molecule has 2 aromatic heterocycles. The Morgan fingerprint density at radius 1 is 1.23 bits per heavy atom. The van der Waals surface area contributed by atoms with Crippen molar-refractivity contribution in [3.05, 3.63) is 66.2 Å². The van der Waals surface area contributed by atoms with E-state index in [2.05, 4.69) is 15.4 Å². The summed E-state index contributed by atoms with van der Waals surface area (Å²) in [4.78, 5) is 16.9. The Bertz CT molecular complexity index is 948. The molecule has 1 aliphatic carbocycles. The fourth-order valence-corrected chi connectivity index (χ4v) is 2.99. The van der Waals surface area contributed by atoms with Crippen LogP contribution in [-0.4, -0.2) is 27.8 Å². The van der Waals surface area contributed by atoms with E-state index in [0.29, 0.717) is 30.1 Å². The lowest BCUT2D eigenvalue weighted by molar-refractivity contribution is -0.118. The molecule has 3 aromatic rings. The number of nitrogens with zero attached hydrogens (tertiary/aromatic N) is 3. The third-order valence-corrected chi connectivity index (χ3v) is 4.60. The number of pyridine rings is 1. The van der Waals surface area contributed by atoms with E-state index in [1.807, 2.05) is 6.07 Å². The van der Waals surface area contributed by atoms with Gasteiger partial charge in [0.1, 0.15) is 5.82 Å². The van der Waals surface area contributed by atoms with E-state index in [-0.39, 0.29) is 11.7 Å². The molecule has 1 N–H and O–H groups in total. The van der Waals surface area contributed by atoms with Crippen LogP contribution in [-0.2, 0) is 10.2 Å². The van der Waals surface area contributed by atoms with Crippen molar-refractivity contribution in [2.24, 2.45) is 0 Å². The highest BCUT2D eigenvalue weighted by atomic mass is 19.1. The third kappa shape index (κ3) is 2.81. The van der Waals surface area contributed by atoms with E-state index in [9.17, 15) is 9.18 Å². The molecule has 0 unspecified atom stereocenters. The number of hydrogen-bond acceptors (Lipinski definition) is 4. The molecule has 1 amide bonds. The van der Waals surface area contributed by atoms with Gasteiger partial charge in [-0.15, -0.1) is 0 Å². The van der Waals surface area contributed by atoms with Crippen molar-refractivity contribution in [3.63, 3.8) is 0 Å². The number of carbonyl (C=O) groups is 1. The Hall–Kier alpha value is -3.22. The number of rotatable bonds is 5. The number of nitrogens with one attached hydrogen (secondary N) is 1. The van der Waals surface area contributed by atoms with E-state index in [4.69, 9.17) is 4.74 Å². The van der Waals surface area contributed by atoms with Crippen LogP contribution in [0.25, 0.3) is 5.69 Å². The van der Waals surface area contributed by atoms with Gasteiger partial charge in [-0.3, -0.25) is 4.79 Å². The van der Waals surface area contributed by atoms with E-state index in [1.165, 1.54) is 6.07 Å². The molecular formula is C19H17FN4O2. The summed E-state index contributed by atoms with van der Waals surface area (Å²) in [5.41, 5.74) is 0.384. The molecule has 1 saturated carbocycles. The molecule has 26 heavy (non-hydrogen) atoms. The molecule has 0 spiro atoms. The van der Waals surface area contributed by atoms with E-state index >= 15 is 0 Å². The van der Waals surface area contributed by atoms with Crippen LogP contribution in [0.1, 0.15) is 18.4 Å². The second-order valence-corrected chi connectivity index (χ2v) is 6.22. The molecule has 0 bridgehead atoms. The first-order valence-electron chi connectivity index (χ1n) is 8.25.